The second-order valence-corrected chi connectivity index (χ2v) is 10.4. The van der Waals surface area contributed by atoms with E-state index in [-0.39, 0.29) is 29.2 Å². The molecule has 0 radical (unpaired) electrons. The zero-order valence-corrected chi connectivity index (χ0v) is 21.5. The third-order valence-corrected chi connectivity index (χ3v) is 7.83. The molecule has 2 fully saturated rings. The highest BCUT2D eigenvalue weighted by atomic mass is 19.4. The highest BCUT2D eigenvalue weighted by Gasteiger charge is 2.42. The molecule has 5 heterocycles. The van der Waals surface area contributed by atoms with Crippen LogP contribution >= 0.6 is 0 Å². The number of nitrogen functional groups attached to an aromatic ring is 1. The van der Waals surface area contributed by atoms with E-state index in [1.165, 1.54) is 0 Å². The van der Waals surface area contributed by atoms with E-state index in [0.29, 0.717) is 41.5 Å². The van der Waals surface area contributed by atoms with Crippen LogP contribution in [0.2, 0.25) is 0 Å². The molecule has 0 spiro atoms. The number of carbonyl (C=O) groups excluding carboxylic acids is 2. The number of imidazole rings is 1. The highest BCUT2D eigenvalue weighted by Crippen LogP contribution is 2.40. The molecule has 0 bridgehead atoms. The predicted molar refractivity (Wildman–Crippen MR) is 141 cm³/mol. The number of fused-ring (bicyclic) bond motifs is 2. The average molecular weight is 550 g/mol. The first-order valence-electron chi connectivity index (χ1n) is 13.0. The van der Waals surface area contributed by atoms with Gasteiger partial charge in [-0.25, -0.2) is 15.0 Å². The normalized spacial score (nSPS) is 21.1. The first-order valence-corrected chi connectivity index (χ1v) is 13.0. The van der Waals surface area contributed by atoms with Crippen molar-refractivity contribution in [3.8, 4) is 11.3 Å². The Morgan fingerprint density at radius 1 is 1.10 bits per heavy atom. The number of amides is 2. The number of hydrogen-bond acceptors (Lipinski definition) is 6. The summed E-state index contributed by atoms with van der Waals surface area (Å²) in [6.45, 7) is 2.72. The number of aromatic nitrogens is 4. The number of rotatable bonds is 4. The molecule has 206 valence electrons. The fraction of sp³-hybridized carbons (Fsp3) is 0.321. The predicted octanol–water partition coefficient (Wildman–Crippen LogP) is 4.76. The lowest BCUT2D eigenvalue weighted by Gasteiger charge is -2.36. The molecule has 1 aromatic carbocycles. The first-order chi connectivity index (χ1) is 19.1. The zero-order chi connectivity index (χ0) is 28.2. The Bertz CT molecular complexity index is 1620. The Hall–Kier alpha value is -4.48. The first kappa shape index (κ1) is 25.8. The molecular formula is C28H26F3N7O2. The summed E-state index contributed by atoms with van der Waals surface area (Å²) in [5, 5.41) is 2.41. The Morgan fingerprint density at radius 2 is 1.88 bits per heavy atom. The minimum absolute atomic E-state index is 0.0264. The minimum Gasteiger partial charge on any atom is -0.382 e. The Balaban J connectivity index is 1.28. The minimum atomic E-state index is -4.55. The molecule has 2 amide bonds. The van der Waals surface area contributed by atoms with E-state index < -0.39 is 17.6 Å². The number of pyridine rings is 1. The Morgan fingerprint density at radius 3 is 2.62 bits per heavy atom. The fourth-order valence-electron chi connectivity index (χ4n) is 5.83. The van der Waals surface area contributed by atoms with Crippen molar-refractivity contribution in [3.63, 3.8) is 0 Å². The molecule has 9 nitrogen and oxygen atoms in total. The Labute approximate surface area is 227 Å². The maximum absolute atomic E-state index is 13.0. The lowest BCUT2D eigenvalue weighted by atomic mass is 9.89. The van der Waals surface area contributed by atoms with E-state index in [1.54, 1.807) is 30.5 Å². The van der Waals surface area contributed by atoms with Crippen LogP contribution < -0.4 is 11.1 Å². The van der Waals surface area contributed by atoms with Gasteiger partial charge in [0.1, 0.15) is 28.7 Å². The smallest absolute Gasteiger partial charge is 0.382 e. The van der Waals surface area contributed by atoms with Crippen molar-refractivity contribution in [1.82, 2.24) is 24.3 Å². The molecule has 0 saturated carbocycles. The summed E-state index contributed by atoms with van der Waals surface area (Å²) in [6, 6.07) is 8.42. The van der Waals surface area contributed by atoms with Gasteiger partial charge in [-0.1, -0.05) is 19.1 Å². The topological polar surface area (TPSA) is 119 Å². The van der Waals surface area contributed by atoms with Crippen molar-refractivity contribution in [3.05, 3.63) is 71.9 Å². The molecule has 0 unspecified atom stereocenters. The quantitative estimate of drug-likeness (QED) is 0.379. The second kappa shape index (κ2) is 9.61. The standard InChI is InChI=1S/C28H26F3N7O2/c1-15-12-22(39)38-14-18(6-7-20(15)38)26-36-23(24-25(32)34-10-11-37(24)26)16-2-4-17(5-3-16)27(40)35-21-13-19(8-9-33-21)28(29,30)31/h2-5,8-11,13,15,18,20H,6-7,12,14H2,1H3,(H2,32,34)(H,33,35,40)/t15-,18-,20-/m1/s1. The van der Waals surface area contributed by atoms with Gasteiger partial charge in [0.05, 0.1) is 5.56 Å². The van der Waals surface area contributed by atoms with Crippen LogP contribution in [0.15, 0.2) is 55.0 Å². The van der Waals surface area contributed by atoms with E-state index in [1.807, 2.05) is 15.5 Å². The van der Waals surface area contributed by atoms with E-state index >= 15 is 0 Å². The summed E-state index contributed by atoms with van der Waals surface area (Å²) in [5.41, 5.74) is 7.53. The summed E-state index contributed by atoms with van der Waals surface area (Å²) in [7, 11) is 0. The van der Waals surface area contributed by atoms with Crippen molar-refractivity contribution in [2.75, 3.05) is 17.6 Å². The molecule has 40 heavy (non-hydrogen) atoms. The fourth-order valence-corrected chi connectivity index (χ4v) is 5.83. The molecule has 6 rings (SSSR count). The molecular weight excluding hydrogens is 523 g/mol. The van der Waals surface area contributed by atoms with E-state index in [4.69, 9.17) is 10.7 Å². The van der Waals surface area contributed by atoms with Crippen LogP contribution in [-0.2, 0) is 11.0 Å². The molecule has 4 aromatic rings. The highest BCUT2D eigenvalue weighted by molar-refractivity contribution is 6.04. The summed E-state index contributed by atoms with van der Waals surface area (Å²) in [5.74, 6) is 0.845. The van der Waals surface area contributed by atoms with E-state index in [2.05, 4.69) is 22.2 Å². The van der Waals surface area contributed by atoms with Gasteiger partial charge in [0.25, 0.3) is 5.91 Å². The number of nitrogens with zero attached hydrogens (tertiary/aromatic N) is 5. The number of nitrogens with one attached hydrogen (secondary N) is 1. The molecule has 3 N–H and O–H groups in total. The van der Waals surface area contributed by atoms with Gasteiger partial charge in [0.15, 0.2) is 0 Å². The summed E-state index contributed by atoms with van der Waals surface area (Å²) in [6.07, 6.45) is 2.24. The van der Waals surface area contributed by atoms with Crippen LogP contribution in [0.4, 0.5) is 24.8 Å². The maximum atomic E-state index is 13.0. The lowest BCUT2D eigenvalue weighted by molar-refractivity contribution is -0.137. The number of nitrogens with two attached hydrogens (primary N) is 1. The van der Waals surface area contributed by atoms with Crippen LogP contribution in [0.1, 0.15) is 53.8 Å². The molecule has 0 aliphatic carbocycles. The van der Waals surface area contributed by atoms with Crippen LogP contribution in [0, 0.1) is 5.92 Å². The third-order valence-electron chi connectivity index (χ3n) is 7.83. The summed E-state index contributed by atoms with van der Waals surface area (Å²) < 4.78 is 40.9. The Kier molecular flexibility index (Phi) is 6.20. The number of piperidine rings is 1. The second-order valence-electron chi connectivity index (χ2n) is 10.4. The van der Waals surface area contributed by atoms with Gasteiger partial charge in [-0.15, -0.1) is 0 Å². The van der Waals surface area contributed by atoms with Gasteiger partial charge in [0.2, 0.25) is 5.91 Å². The number of alkyl halides is 3. The summed E-state index contributed by atoms with van der Waals surface area (Å²) >= 11 is 0. The SMILES string of the molecule is C[C@@H]1CC(=O)N2C[C@H](c3nc(-c4ccc(C(=O)Nc5cc(C(F)(F)F)ccn5)cc4)c4c(N)nccn34)CC[C@H]12. The largest absolute Gasteiger partial charge is 0.416 e. The van der Waals surface area contributed by atoms with Gasteiger partial charge >= 0.3 is 6.18 Å². The van der Waals surface area contributed by atoms with Gasteiger partial charge in [-0.05, 0) is 43.0 Å². The van der Waals surface area contributed by atoms with Crippen LogP contribution in [0.3, 0.4) is 0 Å². The number of carbonyl (C=O) groups is 2. The van der Waals surface area contributed by atoms with Crippen LogP contribution in [0.25, 0.3) is 16.8 Å². The number of benzene rings is 1. The van der Waals surface area contributed by atoms with E-state index in [0.717, 1.165) is 37.0 Å². The third kappa shape index (κ3) is 4.52. The van der Waals surface area contributed by atoms with Gasteiger partial charge < -0.3 is 16.0 Å². The molecule has 3 aromatic heterocycles. The molecule has 12 heteroatoms. The van der Waals surface area contributed by atoms with Crippen LogP contribution in [0.5, 0.6) is 0 Å². The van der Waals surface area contributed by atoms with Gasteiger partial charge in [0, 0.05) is 54.6 Å². The van der Waals surface area contributed by atoms with Crippen molar-refractivity contribution in [2.45, 2.75) is 44.3 Å². The van der Waals surface area contributed by atoms with Crippen molar-refractivity contribution < 1.29 is 22.8 Å². The maximum Gasteiger partial charge on any atom is 0.416 e. The van der Waals surface area contributed by atoms with Crippen LogP contribution in [-0.4, -0.2) is 48.7 Å². The van der Waals surface area contributed by atoms with Crippen molar-refractivity contribution >= 4 is 29.0 Å². The van der Waals surface area contributed by atoms with Gasteiger partial charge in [-0.3, -0.25) is 14.0 Å². The van der Waals surface area contributed by atoms with Crippen molar-refractivity contribution in [2.24, 2.45) is 5.92 Å². The molecule has 2 saturated heterocycles. The number of hydrogen-bond donors (Lipinski definition) is 2. The van der Waals surface area contributed by atoms with E-state index in [9.17, 15) is 22.8 Å². The summed E-state index contributed by atoms with van der Waals surface area (Å²) in [4.78, 5) is 40.3. The van der Waals surface area contributed by atoms with Crippen molar-refractivity contribution in [1.29, 1.82) is 0 Å². The number of halogens is 3. The lowest BCUT2D eigenvalue weighted by Crippen LogP contribution is -2.42. The molecule has 2 aliphatic heterocycles. The monoisotopic (exact) mass is 549 g/mol. The number of anilines is 2. The molecule has 2 aliphatic rings. The molecule has 3 atom stereocenters. The zero-order valence-electron chi connectivity index (χ0n) is 21.5. The van der Waals surface area contributed by atoms with Gasteiger partial charge in [-0.2, -0.15) is 13.2 Å². The average Bonchev–Trinajstić information content (AvgIpc) is 3.46.